The first-order valence-electron chi connectivity index (χ1n) is 5.11. The first kappa shape index (κ1) is 9.79. The summed E-state index contributed by atoms with van der Waals surface area (Å²) in [6, 6.07) is 0. The zero-order chi connectivity index (χ0) is 8.86. The van der Waals surface area contributed by atoms with Gasteiger partial charge in [0.05, 0.1) is 6.61 Å². The van der Waals surface area contributed by atoms with Crippen LogP contribution in [0.15, 0.2) is 12.2 Å². The van der Waals surface area contributed by atoms with Crippen LogP contribution in [0.4, 0.5) is 0 Å². The smallest absolute Gasteiger partial charge is 0.0521 e. The van der Waals surface area contributed by atoms with Crippen LogP contribution < -0.4 is 0 Å². The molecule has 0 bridgehead atoms. The van der Waals surface area contributed by atoms with E-state index in [9.17, 15) is 5.11 Å². The highest BCUT2D eigenvalue weighted by Gasteiger charge is 2.26. The zero-order valence-electron chi connectivity index (χ0n) is 8.05. The molecule has 1 N–H and O–H groups in total. The Bertz CT molecular complexity index is 151. The van der Waals surface area contributed by atoms with Crippen LogP contribution in [0.2, 0.25) is 0 Å². The molecule has 0 amide bonds. The standard InChI is InChI=1S/C11H20O/c1-2-3-7-11(10-12)8-5-4-6-9-11/h5,8,12H,2-4,6-7,9-10H2,1H3. The second-order valence-corrected chi connectivity index (χ2v) is 3.92. The largest absolute Gasteiger partial charge is 0.395 e. The van der Waals surface area contributed by atoms with E-state index in [2.05, 4.69) is 19.1 Å². The minimum Gasteiger partial charge on any atom is -0.395 e. The average molecular weight is 168 g/mol. The Morgan fingerprint density at radius 2 is 2.33 bits per heavy atom. The van der Waals surface area contributed by atoms with E-state index >= 15 is 0 Å². The maximum absolute atomic E-state index is 9.32. The van der Waals surface area contributed by atoms with Crippen molar-refractivity contribution in [1.29, 1.82) is 0 Å². The molecular formula is C11H20O. The molecule has 1 atom stereocenters. The Balaban J connectivity index is 2.48. The Morgan fingerprint density at radius 1 is 1.50 bits per heavy atom. The van der Waals surface area contributed by atoms with Crippen molar-refractivity contribution in [2.45, 2.75) is 45.4 Å². The van der Waals surface area contributed by atoms with E-state index in [0.29, 0.717) is 6.61 Å². The van der Waals surface area contributed by atoms with Crippen molar-refractivity contribution in [2.75, 3.05) is 6.61 Å². The lowest BCUT2D eigenvalue weighted by atomic mass is 9.76. The van der Waals surface area contributed by atoms with Crippen LogP contribution in [-0.4, -0.2) is 11.7 Å². The molecule has 0 aromatic heterocycles. The molecule has 1 aliphatic rings. The minimum absolute atomic E-state index is 0.147. The number of unbranched alkanes of at least 4 members (excludes halogenated alkanes) is 1. The third-order valence-corrected chi connectivity index (χ3v) is 2.86. The maximum Gasteiger partial charge on any atom is 0.0521 e. The lowest BCUT2D eigenvalue weighted by Gasteiger charge is -2.31. The minimum atomic E-state index is 0.147. The quantitative estimate of drug-likeness (QED) is 0.640. The highest BCUT2D eigenvalue weighted by molar-refractivity contribution is 5.03. The molecule has 1 rings (SSSR count). The van der Waals surface area contributed by atoms with Crippen molar-refractivity contribution < 1.29 is 5.11 Å². The van der Waals surface area contributed by atoms with Gasteiger partial charge in [-0.1, -0.05) is 31.9 Å². The molecule has 1 nitrogen and oxygen atoms in total. The summed E-state index contributed by atoms with van der Waals surface area (Å²) in [6.07, 6.45) is 11.7. The second kappa shape index (κ2) is 4.66. The van der Waals surface area contributed by atoms with E-state index in [1.165, 1.54) is 32.1 Å². The monoisotopic (exact) mass is 168 g/mol. The fourth-order valence-corrected chi connectivity index (χ4v) is 1.94. The lowest BCUT2D eigenvalue weighted by Crippen LogP contribution is -2.24. The molecule has 0 aromatic carbocycles. The van der Waals surface area contributed by atoms with Gasteiger partial charge in [-0.15, -0.1) is 0 Å². The van der Waals surface area contributed by atoms with Crippen LogP contribution in [0, 0.1) is 5.41 Å². The Labute approximate surface area is 75.5 Å². The van der Waals surface area contributed by atoms with Crippen molar-refractivity contribution >= 4 is 0 Å². The number of allylic oxidation sites excluding steroid dienone is 1. The second-order valence-electron chi connectivity index (χ2n) is 3.92. The molecule has 70 valence electrons. The van der Waals surface area contributed by atoms with Crippen molar-refractivity contribution in [3.05, 3.63) is 12.2 Å². The van der Waals surface area contributed by atoms with Crippen LogP contribution >= 0.6 is 0 Å². The molecule has 1 aliphatic carbocycles. The summed E-state index contributed by atoms with van der Waals surface area (Å²) in [5.74, 6) is 0. The van der Waals surface area contributed by atoms with E-state index in [0.717, 1.165) is 6.42 Å². The zero-order valence-corrected chi connectivity index (χ0v) is 8.05. The molecule has 12 heavy (non-hydrogen) atoms. The fraction of sp³-hybridized carbons (Fsp3) is 0.818. The van der Waals surface area contributed by atoms with Gasteiger partial charge in [-0.2, -0.15) is 0 Å². The topological polar surface area (TPSA) is 20.2 Å². The molecule has 0 aromatic rings. The van der Waals surface area contributed by atoms with Crippen LogP contribution in [0.5, 0.6) is 0 Å². The third kappa shape index (κ3) is 2.34. The van der Waals surface area contributed by atoms with E-state index in [1.807, 2.05) is 0 Å². The molecule has 1 heteroatoms. The van der Waals surface area contributed by atoms with Gasteiger partial charge in [-0.3, -0.25) is 0 Å². The summed E-state index contributed by atoms with van der Waals surface area (Å²) in [5, 5.41) is 9.32. The van der Waals surface area contributed by atoms with Gasteiger partial charge in [0.2, 0.25) is 0 Å². The lowest BCUT2D eigenvalue weighted by molar-refractivity contribution is 0.140. The molecule has 0 radical (unpaired) electrons. The Kier molecular flexibility index (Phi) is 3.80. The molecule has 0 heterocycles. The average Bonchev–Trinajstić information content (AvgIpc) is 2.16. The van der Waals surface area contributed by atoms with E-state index in [-0.39, 0.29) is 5.41 Å². The van der Waals surface area contributed by atoms with Crippen molar-refractivity contribution in [2.24, 2.45) is 5.41 Å². The highest BCUT2D eigenvalue weighted by atomic mass is 16.3. The summed E-state index contributed by atoms with van der Waals surface area (Å²) < 4.78 is 0. The van der Waals surface area contributed by atoms with Gasteiger partial charge < -0.3 is 5.11 Å². The molecular weight excluding hydrogens is 148 g/mol. The predicted molar refractivity (Wildman–Crippen MR) is 52.0 cm³/mol. The number of hydrogen-bond acceptors (Lipinski definition) is 1. The first-order valence-corrected chi connectivity index (χ1v) is 5.11. The summed E-state index contributed by atoms with van der Waals surface area (Å²) >= 11 is 0. The van der Waals surface area contributed by atoms with Crippen LogP contribution in [0.3, 0.4) is 0 Å². The summed E-state index contributed by atoms with van der Waals surface area (Å²) in [6.45, 7) is 2.54. The van der Waals surface area contributed by atoms with E-state index in [1.54, 1.807) is 0 Å². The van der Waals surface area contributed by atoms with Crippen LogP contribution in [0.1, 0.15) is 45.4 Å². The predicted octanol–water partition coefficient (Wildman–Crippen LogP) is 2.90. The van der Waals surface area contributed by atoms with Crippen molar-refractivity contribution in [1.82, 2.24) is 0 Å². The highest BCUT2D eigenvalue weighted by Crippen LogP contribution is 2.35. The van der Waals surface area contributed by atoms with Gasteiger partial charge >= 0.3 is 0 Å². The fourth-order valence-electron chi connectivity index (χ4n) is 1.94. The van der Waals surface area contributed by atoms with E-state index < -0.39 is 0 Å². The molecule has 0 fully saturated rings. The van der Waals surface area contributed by atoms with Gasteiger partial charge in [0.25, 0.3) is 0 Å². The third-order valence-electron chi connectivity index (χ3n) is 2.86. The first-order chi connectivity index (χ1) is 5.83. The normalized spacial score (nSPS) is 29.2. The molecule has 0 saturated heterocycles. The van der Waals surface area contributed by atoms with Gasteiger partial charge in [-0.05, 0) is 25.7 Å². The molecule has 1 unspecified atom stereocenters. The van der Waals surface area contributed by atoms with Crippen LogP contribution in [-0.2, 0) is 0 Å². The van der Waals surface area contributed by atoms with Crippen molar-refractivity contribution in [3.8, 4) is 0 Å². The molecule has 0 saturated carbocycles. The number of rotatable bonds is 4. The van der Waals surface area contributed by atoms with Gasteiger partial charge in [-0.25, -0.2) is 0 Å². The Morgan fingerprint density at radius 3 is 2.83 bits per heavy atom. The number of aliphatic hydroxyl groups excluding tert-OH is 1. The van der Waals surface area contributed by atoms with Gasteiger partial charge in [0.1, 0.15) is 0 Å². The van der Waals surface area contributed by atoms with Crippen LogP contribution in [0.25, 0.3) is 0 Å². The summed E-state index contributed by atoms with van der Waals surface area (Å²) in [4.78, 5) is 0. The maximum atomic E-state index is 9.32. The summed E-state index contributed by atoms with van der Waals surface area (Å²) in [7, 11) is 0. The summed E-state index contributed by atoms with van der Waals surface area (Å²) in [5.41, 5.74) is 0.147. The molecule has 0 aliphatic heterocycles. The number of hydrogen-bond donors (Lipinski definition) is 1. The van der Waals surface area contributed by atoms with E-state index in [4.69, 9.17) is 0 Å². The molecule has 0 spiro atoms. The SMILES string of the molecule is CCCCC1(CO)C=CCCC1. The number of aliphatic hydroxyl groups is 1. The van der Waals surface area contributed by atoms with Gasteiger partial charge in [0, 0.05) is 5.41 Å². The Hall–Kier alpha value is -0.300. The van der Waals surface area contributed by atoms with Gasteiger partial charge in [0.15, 0.2) is 0 Å². The van der Waals surface area contributed by atoms with Crippen molar-refractivity contribution in [3.63, 3.8) is 0 Å².